The average Bonchev–Trinajstić information content (AvgIpc) is 3.37. The third kappa shape index (κ3) is 3.22. The number of ether oxygens (including phenoxy) is 1. The Morgan fingerprint density at radius 3 is 2.64 bits per heavy atom. The summed E-state index contributed by atoms with van der Waals surface area (Å²) >= 11 is 0. The number of methoxy groups -OCH3 is 1. The van der Waals surface area contributed by atoms with Crippen molar-refractivity contribution in [2.24, 2.45) is 5.92 Å². The van der Waals surface area contributed by atoms with Crippen molar-refractivity contribution >= 4 is 6.08 Å². The first kappa shape index (κ1) is 14.8. The molecule has 0 aromatic heterocycles. The lowest BCUT2D eigenvalue weighted by Crippen LogP contribution is -1.92. The summed E-state index contributed by atoms with van der Waals surface area (Å²) in [6.45, 7) is 2.13. The third-order valence-electron chi connectivity index (χ3n) is 4.16. The minimum atomic E-state index is -0.217. The van der Waals surface area contributed by atoms with Crippen LogP contribution in [0.15, 0.2) is 42.5 Å². The Hall–Kier alpha value is -2.09. The second kappa shape index (κ2) is 6.35. The molecule has 0 unspecified atom stereocenters. The Morgan fingerprint density at radius 1 is 1.14 bits per heavy atom. The van der Waals surface area contributed by atoms with E-state index in [1.165, 1.54) is 24.5 Å². The van der Waals surface area contributed by atoms with Crippen LogP contribution in [0.1, 0.15) is 30.9 Å². The molecule has 0 heterocycles. The Labute approximate surface area is 131 Å². The van der Waals surface area contributed by atoms with Gasteiger partial charge in [0, 0.05) is 5.56 Å². The molecule has 1 aliphatic carbocycles. The molecule has 0 aliphatic heterocycles. The van der Waals surface area contributed by atoms with Gasteiger partial charge in [0.15, 0.2) is 0 Å². The molecular weight excluding hydrogens is 275 g/mol. The lowest BCUT2D eigenvalue weighted by molar-refractivity contribution is 0.414. The predicted molar refractivity (Wildman–Crippen MR) is 89.5 cm³/mol. The third-order valence-corrected chi connectivity index (χ3v) is 4.16. The molecule has 0 bridgehead atoms. The summed E-state index contributed by atoms with van der Waals surface area (Å²) in [6.07, 6.45) is 7.91. The van der Waals surface area contributed by atoms with Crippen molar-refractivity contribution in [2.75, 3.05) is 7.11 Å². The minimum absolute atomic E-state index is 0.217. The van der Waals surface area contributed by atoms with E-state index in [0.29, 0.717) is 17.2 Å². The van der Waals surface area contributed by atoms with Gasteiger partial charge in [-0.1, -0.05) is 37.3 Å². The molecule has 1 aliphatic rings. The van der Waals surface area contributed by atoms with Gasteiger partial charge in [0.05, 0.1) is 7.11 Å². The molecule has 0 N–H and O–H groups in total. The van der Waals surface area contributed by atoms with Crippen LogP contribution in [0.25, 0.3) is 17.2 Å². The molecule has 2 heteroatoms. The van der Waals surface area contributed by atoms with Crippen molar-refractivity contribution in [3.05, 3.63) is 59.4 Å². The van der Waals surface area contributed by atoms with Gasteiger partial charge in [-0.2, -0.15) is 0 Å². The highest BCUT2D eigenvalue weighted by Crippen LogP contribution is 2.34. The number of benzene rings is 2. The maximum absolute atomic E-state index is 14.3. The van der Waals surface area contributed by atoms with Crippen molar-refractivity contribution < 1.29 is 9.13 Å². The molecule has 2 aromatic rings. The van der Waals surface area contributed by atoms with Crippen LogP contribution in [-0.4, -0.2) is 7.11 Å². The van der Waals surface area contributed by atoms with E-state index in [0.717, 1.165) is 17.5 Å². The zero-order valence-electron chi connectivity index (χ0n) is 13.1. The second-order valence-corrected chi connectivity index (χ2v) is 5.82. The van der Waals surface area contributed by atoms with Gasteiger partial charge in [0.2, 0.25) is 0 Å². The number of halogens is 1. The summed E-state index contributed by atoms with van der Waals surface area (Å²) in [5.74, 6) is 1.16. The SMILES string of the molecule is CCc1ccc(-c2cc(OC)ccc2F)c(/C=C/C2CC2)c1. The maximum Gasteiger partial charge on any atom is 0.131 e. The van der Waals surface area contributed by atoms with Gasteiger partial charge in [0.25, 0.3) is 0 Å². The normalized spacial score (nSPS) is 14.5. The first-order valence-electron chi connectivity index (χ1n) is 7.86. The summed E-state index contributed by atoms with van der Waals surface area (Å²) in [6, 6.07) is 11.1. The molecule has 1 saturated carbocycles. The van der Waals surface area contributed by atoms with Gasteiger partial charge in [-0.25, -0.2) is 4.39 Å². The maximum atomic E-state index is 14.3. The van der Waals surface area contributed by atoms with Crippen LogP contribution in [0, 0.1) is 11.7 Å². The van der Waals surface area contributed by atoms with Gasteiger partial charge in [0.1, 0.15) is 11.6 Å². The molecule has 0 atom stereocenters. The highest BCUT2D eigenvalue weighted by molar-refractivity contribution is 5.77. The molecule has 0 saturated heterocycles. The van der Waals surface area contributed by atoms with Crippen molar-refractivity contribution in [3.63, 3.8) is 0 Å². The molecule has 2 aromatic carbocycles. The fourth-order valence-corrected chi connectivity index (χ4v) is 2.58. The van der Waals surface area contributed by atoms with E-state index in [9.17, 15) is 4.39 Å². The summed E-state index contributed by atoms with van der Waals surface area (Å²) in [5.41, 5.74) is 3.86. The van der Waals surface area contributed by atoms with Crippen LogP contribution in [0.2, 0.25) is 0 Å². The first-order valence-corrected chi connectivity index (χ1v) is 7.86. The first-order chi connectivity index (χ1) is 10.7. The van der Waals surface area contributed by atoms with E-state index in [1.807, 2.05) is 6.07 Å². The number of aryl methyl sites for hydroxylation is 1. The fraction of sp³-hybridized carbons (Fsp3) is 0.300. The summed E-state index contributed by atoms with van der Waals surface area (Å²) in [5, 5.41) is 0. The van der Waals surface area contributed by atoms with Crippen LogP contribution < -0.4 is 4.74 Å². The molecule has 3 rings (SSSR count). The number of rotatable bonds is 5. The molecule has 0 amide bonds. The summed E-state index contributed by atoms with van der Waals surface area (Å²) in [7, 11) is 1.60. The lowest BCUT2D eigenvalue weighted by atomic mass is 9.95. The molecule has 22 heavy (non-hydrogen) atoms. The van der Waals surface area contributed by atoms with Gasteiger partial charge >= 0.3 is 0 Å². The van der Waals surface area contributed by atoms with Crippen molar-refractivity contribution in [1.82, 2.24) is 0 Å². The van der Waals surface area contributed by atoms with E-state index < -0.39 is 0 Å². The van der Waals surface area contributed by atoms with Crippen molar-refractivity contribution in [3.8, 4) is 16.9 Å². The average molecular weight is 296 g/mol. The largest absolute Gasteiger partial charge is 0.497 e. The zero-order chi connectivity index (χ0) is 15.5. The molecule has 0 spiro atoms. The van der Waals surface area contributed by atoms with Gasteiger partial charge in [-0.3, -0.25) is 0 Å². The molecule has 0 radical (unpaired) electrons. The number of hydrogen-bond acceptors (Lipinski definition) is 1. The van der Waals surface area contributed by atoms with Crippen LogP contribution in [0.3, 0.4) is 0 Å². The topological polar surface area (TPSA) is 9.23 Å². The monoisotopic (exact) mass is 296 g/mol. The predicted octanol–water partition coefficient (Wildman–Crippen LogP) is 5.49. The quantitative estimate of drug-likeness (QED) is 0.709. The Bertz CT molecular complexity index is 699. The smallest absolute Gasteiger partial charge is 0.131 e. The van der Waals surface area contributed by atoms with E-state index in [4.69, 9.17) is 4.74 Å². The summed E-state index contributed by atoms with van der Waals surface area (Å²) < 4.78 is 19.5. The second-order valence-electron chi connectivity index (χ2n) is 5.82. The lowest BCUT2D eigenvalue weighted by Gasteiger charge is -2.11. The van der Waals surface area contributed by atoms with E-state index in [2.05, 4.69) is 31.2 Å². The van der Waals surface area contributed by atoms with E-state index in [1.54, 1.807) is 19.2 Å². The van der Waals surface area contributed by atoms with Crippen LogP contribution in [-0.2, 0) is 6.42 Å². The summed E-state index contributed by atoms with van der Waals surface area (Å²) in [4.78, 5) is 0. The molecule has 114 valence electrons. The van der Waals surface area contributed by atoms with Gasteiger partial charge in [-0.05, 0) is 60.1 Å². The van der Waals surface area contributed by atoms with Crippen LogP contribution >= 0.6 is 0 Å². The van der Waals surface area contributed by atoms with Gasteiger partial charge in [-0.15, -0.1) is 0 Å². The Morgan fingerprint density at radius 2 is 1.95 bits per heavy atom. The Kier molecular flexibility index (Phi) is 4.28. The van der Waals surface area contributed by atoms with Crippen LogP contribution in [0.4, 0.5) is 4.39 Å². The standard InChI is InChI=1S/C20H21FO/c1-3-14-7-10-18(16(12-14)8-6-15-4-5-15)19-13-17(22-2)9-11-20(19)21/h6-13,15H,3-5H2,1-2H3/b8-6+. The Balaban J connectivity index is 2.08. The van der Waals surface area contributed by atoms with E-state index >= 15 is 0 Å². The molecular formula is C20H21FO. The van der Waals surface area contributed by atoms with Crippen molar-refractivity contribution in [2.45, 2.75) is 26.2 Å². The molecule has 1 nitrogen and oxygen atoms in total. The minimum Gasteiger partial charge on any atom is -0.497 e. The molecule has 1 fully saturated rings. The number of allylic oxidation sites excluding steroid dienone is 1. The zero-order valence-corrected chi connectivity index (χ0v) is 13.1. The van der Waals surface area contributed by atoms with Crippen molar-refractivity contribution in [1.29, 1.82) is 0 Å². The van der Waals surface area contributed by atoms with Crippen LogP contribution in [0.5, 0.6) is 5.75 Å². The highest BCUT2D eigenvalue weighted by Gasteiger charge is 2.18. The fourth-order valence-electron chi connectivity index (χ4n) is 2.58. The van der Waals surface area contributed by atoms with E-state index in [-0.39, 0.29) is 5.82 Å². The highest BCUT2D eigenvalue weighted by atomic mass is 19.1. The number of hydrogen-bond donors (Lipinski definition) is 0. The van der Waals surface area contributed by atoms with Gasteiger partial charge < -0.3 is 4.74 Å².